The predicted molar refractivity (Wildman–Crippen MR) is 62.1 cm³/mol. The van der Waals surface area contributed by atoms with E-state index in [1.54, 1.807) is 30.3 Å². The van der Waals surface area contributed by atoms with Crippen LogP contribution in [-0.2, 0) is 26.1 Å². The van der Waals surface area contributed by atoms with Gasteiger partial charge in [-0.25, -0.2) is 13.2 Å². The van der Waals surface area contributed by atoms with Gasteiger partial charge in [0.1, 0.15) is 6.61 Å². The minimum Gasteiger partial charge on any atom is -0.748 e. The van der Waals surface area contributed by atoms with Crippen molar-refractivity contribution >= 4 is 16.1 Å². The number of carboxylic acid groups (broad SMARTS) is 1. The van der Waals surface area contributed by atoms with E-state index < -0.39 is 34.6 Å². The van der Waals surface area contributed by atoms with Gasteiger partial charge in [0, 0.05) is 0 Å². The van der Waals surface area contributed by atoms with Crippen molar-refractivity contribution in [1.82, 2.24) is 0 Å². The Bertz CT molecular complexity index is 487. The first-order valence-electron chi connectivity index (χ1n) is 5.18. The van der Waals surface area contributed by atoms with Gasteiger partial charge in [-0.05, 0) is 12.0 Å². The van der Waals surface area contributed by atoms with Crippen molar-refractivity contribution in [2.45, 2.75) is 12.5 Å². The number of aliphatic carboxylic acids is 1. The summed E-state index contributed by atoms with van der Waals surface area (Å²) >= 11 is 0. The SMILES string of the molecule is O=C(O)COC(Cc1ccccc1)CS(=O)(=O)[O-].[Na+]. The molecule has 0 aliphatic rings. The molecule has 0 aliphatic carbocycles. The Hall–Kier alpha value is -0.440. The number of ether oxygens (including phenoxy) is 1. The van der Waals surface area contributed by atoms with E-state index in [2.05, 4.69) is 0 Å². The first-order chi connectivity index (χ1) is 8.37. The van der Waals surface area contributed by atoms with Crippen molar-refractivity contribution in [3.8, 4) is 0 Å². The quantitative estimate of drug-likeness (QED) is 0.432. The molecule has 8 heteroatoms. The zero-order valence-electron chi connectivity index (χ0n) is 10.5. The van der Waals surface area contributed by atoms with E-state index in [1.165, 1.54) is 0 Å². The van der Waals surface area contributed by atoms with Crippen LogP contribution in [0.5, 0.6) is 0 Å². The second-order valence-corrected chi connectivity index (χ2v) is 5.19. The van der Waals surface area contributed by atoms with Crippen molar-refractivity contribution in [3.05, 3.63) is 35.9 Å². The van der Waals surface area contributed by atoms with Crippen LogP contribution in [-0.4, -0.2) is 42.5 Å². The molecular weight excluding hydrogens is 283 g/mol. The molecule has 0 saturated heterocycles. The van der Waals surface area contributed by atoms with Crippen LogP contribution >= 0.6 is 0 Å². The molecule has 0 radical (unpaired) electrons. The monoisotopic (exact) mass is 296 g/mol. The molecular formula is C11H13NaO6S. The smallest absolute Gasteiger partial charge is 0.748 e. The number of benzene rings is 1. The molecule has 0 saturated carbocycles. The second-order valence-electron chi connectivity index (χ2n) is 3.74. The zero-order valence-corrected chi connectivity index (χ0v) is 13.3. The van der Waals surface area contributed by atoms with Crippen LogP contribution in [0, 0.1) is 0 Å². The summed E-state index contributed by atoms with van der Waals surface area (Å²) in [5.74, 6) is -1.95. The molecule has 1 aromatic rings. The standard InChI is InChI=1S/C11H14O6S.Na/c12-11(13)7-17-10(8-18(14,15)16)6-9-4-2-1-3-5-9;/h1-5,10H,6-8H2,(H,12,13)(H,14,15,16);/q;+1/p-1. The fourth-order valence-electron chi connectivity index (χ4n) is 1.46. The molecule has 6 nitrogen and oxygen atoms in total. The number of rotatable bonds is 7. The maximum atomic E-state index is 10.7. The molecule has 1 unspecified atom stereocenters. The molecule has 1 aromatic carbocycles. The largest absolute Gasteiger partial charge is 1.00 e. The van der Waals surface area contributed by atoms with Crippen LogP contribution < -0.4 is 29.6 Å². The van der Waals surface area contributed by atoms with Gasteiger partial charge in [0.15, 0.2) is 0 Å². The minimum absolute atomic E-state index is 0. The summed E-state index contributed by atoms with van der Waals surface area (Å²) in [6.07, 6.45) is -0.777. The van der Waals surface area contributed by atoms with E-state index in [0.29, 0.717) is 0 Å². The molecule has 1 N–H and O–H groups in total. The Labute approximate surface area is 133 Å². The van der Waals surface area contributed by atoms with Crippen molar-refractivity contribution in [3.63, 3.8) is 0 Å². The van der Waals surface area contributed by atoms with Crippen LogP contribution in [0.15, 0.2) is 30.3 Å². The average molecular weight is 296 g/mol. The Kier molecular flexibility index (Phi) is 8.47. The van der Waals surface area contributed by atoms with E-state index in [9.17, 15) is 17.8 Å². The van der Waals surface area contributed by atoms with Gasteiger partial charge in [-0.3, -0.25) is 0 Å². The van der Waals surface area contributed by atoms with Crippen LogP contribution in [0.2, 0.25) is 0 Å². The molecule has 0 spiro atoms. The van der Waals surface area contributed by atoms with Gasteiger partial charge in [0.2, 0.25) is 0 Å². The molecule has 1 rings (SSSR count). The number of hydrogen-bond acceptors (Lipinski definition) is 5. The van der Waals surface area contributed by atoms with Gasteiger partial charge in [-0.2, -0.15) is 0 Å². The van der Waals surface area contributed by atoms with Gasteiger partial charge < -0.3 is 14.4 Å². The maximum Gasteiger partial charge on any atom is 1.00 e. The topological polar surface area (TPSA) is 104 Å². The molecule has 19 heavy (non-hydrogen) atoms. The Balaban J connectivity index is 0.00000324. The fourth-order valence-corrected chi connectivity index (χ4v) is 2.13. The summed E-state index contributed by atoms with van der Waals surface area (Å²) in [4.78, 5) is 10.4. The molecule has 0 fully saturated rings. The first kappa shape index (κ1) is 18.6. The van der Waals surface area contributed by atoms with Crippen LogP contribution in [0.1, 0.15) is 5.56 Å². The summed E-state index contributed by atoms with van der Waals surface area (Å²) in [5, 5.41) is 8.47. The maximum absolute atomic E-state index is 10.7. The predicted octanol–water partition coefficient (Wildman–Crippen LogP) is -2.75. The third-order valence-electron chi connectivity index (χ3n) is 2.14. The number of carbonyl (C=O) groups is 1. The second kappa shape index (κ2) is 8.68. The fraction of sp³-hybridized carbons (Fsp3) is 0.364. The van der Waals surface area contributed by atoms with E-state index in [4.69, 9.17) is 9.84 Å². The first-order valence-corrected chi connectivity index (χ1v) is 6.75. The van der Waals surface area contributed by atoms with Crippen molar-refractivity contribution < 1.29 is 57.2 Å². The van der Waals surface area contributed by atoms with Gasteiger partial charge in [0.05, 0.1) is 22.0 Å². The average Bonchev–Trinajstić information content (AvgIpc) is 2.25. The Morgan fingerprint density at radius 2 is 1.89 bits per heavy atom. The zero-order chi connectivity index (χ0) is 13.6. The van der Waals surface area contributed by atoms with E-state index >= 15 is 0 Å². The third kappa shape index (κ3) is 9.15. The molecule has 0 amide bonds. The van der Waals surface area contributed by atoms with E-state index in [0.717, 1.165) is 5.56 Å². The summed E-state index contributed by atoms with van der Waals surface area (Å²) in [7, 11) is -4.46. The Morgan fingerprint density at radius 1 is 1.32 bits per heavy atom. The van der Waals surface area contributed by atoms with Gasteiger partial charge in [-0.1, -0.05) is 30.3 Å². The Morgan fingerprint density at radius 3 is 2.37 bits per heavy atom. The van der Waals surface area contributed by atoms with E-state index in [-0.39, 0.29) is 36.0 Å². The molecule has 1 atom stereocenters. The van der Waals surface area contributed by atoms with Crippen LogP contribution in [0.4, 0.5) is 0 Å². The molecule has 0 heterocycles. The molecule has 100 valence electrons. The number of hydrogen-bond donors (Lipinski definition) is 1. The van der Waals surface area contributed by atoms with Crippen molar-refractivity contribution in [2.24, 2.45) is 0 Å². The van der Waals surface area contributed by atoms with Crippen LogP contribution in [0.3, 0.4) is 0 Å². The van der Waals surface area contributed by atoms with Gasteiger partial charge in [-0.15, -0.1) is 0 Å². The summed E-state index contributed by atoms with van der Waals surface area (Å²) in [6.45, 7) is -0.632. The van der Waals surface area contributed by atoms with Gasteiger partial charge in [0.25, 0.3) is 0 Å². The summed E-state index contributed by atoms with van der Waals surface area (Å²) in [5.41, 5.74) is 0.775. The van der Waals surface area contributed by atoms with E-state index in [1.807, 2.05) is 0 Å². The summed E-state index contributed by atoms with van der Waals surface area (Å²) < 4.78 is 37.0. The minimum atomic E-state index is -4.46. The van der Waals surface area contributed by atoms with Gasteiger partial charge >= 0.3 is 35.5 Å². The molecule has 0 aromatic heterocycles. The molecule has 0 aliphatic heterocycles. The third-order valence-corrected chi connectivity index (χ3v) is 2.92. The normalized spacial score (nSPS) is 12.5. The van der Waals surface area contributed by atoms with Crippen molar-refractivity contribution in [1.29, 1.82) is 0 Å². The summed E-state index contributed by atoms with van der Waals surface area (Å²) in [6, 6.07) is 8.80. The van der Waals surface area contributed by atoms with Crippen molar-refractivity contribution in [2.75, 3.05) is 12.4 Å². The number of carboxylic acids is 1. The van der Waals surface area contributed by atoms with Crippen LogP contribution in [0.25, 0.3) is 0 Å². The molecule has 0 bridgehead atoms.